The van der Waals surface area contributed by atoms with Crippen LogP contribution in [0.5, 0.6) is 0 Å². The number of hydrogen-bond acceptors (Lipinski definition) is 3. The fraction of sp³-hybridized carbons (Fsp3) is 0.333. The van der Waals surface area contributed by atoms with Crippen LogP contribution in [0.25, 0.3) is 0 Å². The van der Waals surface area contributed by atoms with Crippen molar-refractivity contribution in [2.45, 2.75) is 32.2 Å². The van der Waals surface area contributed by atoms with E-state index in [1.54, 1.807) is 5.32 Å². The summed E-state index contributed by atoms with van der Waals surface area (Å²) in [7, 11) is 0. The lowest BCUT2D eigenvalue weighted by atomic mass is 10.1. The molecule has 4 nitrogen and oxygen atoms in total. The van der Waals surface area contributed by atoms with Gasteiger partial charge in [-0.15, -0.1) is 11.3 Å². The Morgan fingerprint density at radius 2 is 2.20 bits per heavy atom. The molecule has 0 radical (unpaired) electrons. The van der Waals surface area contributed by atoms with Gasteiger partial charge >= 0.3 is 0 Å². The number of amides is 1. The lowest BCUT2D eigenvalue weighted by Crippen LogP contribution is -2.86. The molecule has 0 unspecified atom stereocenters. The predicted octanol–water partition coefficient (Wildman–Crippen LogP) is 2.65. The van der Waals surface area contributed by atoms with Crippen LogP contribution in [0.15, 0.2) is 18.2 Å². The Balaban J connectivity index is 1.60. The number of nitrogens with two attached hydrogens (primary N) is 1. The van der Waals surface area contributed by atoms with E-state index in [9.17, 15) is 18.8 Å². The second kappa shape index (κ2) is 7.30. The smallest absolute Gasteiger partial charge is 0.280 e. The van der Waals surface area contributed by atoms with Gasteiger partial charge in [-0.05, 0) is 49.9 Å². The van der Waals surface area contributed by atoms with Gasteiger partial charge in [0.15, 0.2) is 18.2 Å². The SMILES string of the molecule is C[C@H]([NH2+]CC(=O)Nc1sc2c(c1C#N)CCC2)c1ccc(F)c(F)c1. The van der Waals surface area contributed by atoms with Crippen LogP contribution in [0.4, 0.5) is 13.8 Å². The summed E-state index contributed by atoms with van der Waals surface area (Å²) in [5, 5.41) is 14.5. The third-order valence-electron chi connectivity index (χ3n) is 4.41. The summed E-state index contributed by atoms with van der Waals surface area (Å²) in [6.45, 7) is 1.95. The molecule has 0 bridgehead atoms. The van der Waals surface area contributed by atoms with Crippen molar-refractivity contribution in [1.29, 1.82) is 5.26 Å². The topological polar surface area (TPSA) is 69.5 Å². The minimum Gasteiger partial charge on any atom is -0.333 e. The summed E-state index contributed by atoms with van der Waals surface area (Å²) >= 11 is 1.48. The molecule has 1 aliphatic rings. The Labute approximate surface area is 148 Å². The molecule has 0 spiro atoms. The van der Waals surface area contributed by atoms with E-state index in [4.69, 9.17) is 0 Å². The summed E-state index contributed by atoms with van der Waals surface area (Å²) in [5.41, 5.74) is 2.26. The van der Waals surface area contributed by atoms with Gasteiger partial charge in [-0.3, -0.25) is 4.79 Å². The van der Waals surface area contributed by atoms with Crippen LogP contribution in [0, 0.1) is 23.0 Å². The van der Waals surface area contributed by atoms with Gasteiger partial charge in [-0.2, -0.15) is 5.26 Å². The Kier molecular flexibility index (Phi) is 5.11. The van der Waals surface area contributed by atoms with Gasteiger partial charge in [0.2, 0.25) is 0 Å². The zero-order chi connectivity index (χ0) is 18.0. The van der Waals surface area contributed by atoms with Crippen LogP contribution >= 0.6 is 11.3 Å². The number of halogens is 2. The molecule has 0 saturated heterocycles. The Morgan fingerprint density at radius 3 is 2.92 bits per heavy atom. The van der Waals surface area contributed by atoms with E-state index in [-0.39, 0.29) is 18.5 Å². The van der Waals surface area contributed by atoms with Crippen molar-refractivity contribution >= 4 is 22.2 Å². The number of hydrogen-bond donors (Lipinski definition) is 2. The van der Waals surface area contributed by atoms with E-state index >= 15 is 0 Å². The van der Waals surface area contributed by atoms with E-state index < -0.39 is 11.6 Å². The molecule has 1 aromatic carbocycles. The number of nitrogens with one attached hydrogen (secondary N) is 1. The third-order valence-corrected chi connectivity index (χ3v) is 5.62. The van der Waals surface area contributed by atoms with Crippen molar-refractivity contribution in [2.24, 2.45) is 0 Å². The maximum Gasteiger partial charge on any atom is 0.280 e. The number of nitrogens with zero attached hydrogens (tertiary/aromatic N) is 1. The van der Waals surface area contributed by atoms with Gasteiger partial charge in [0, 0.05) is 10.4 Å². The quantitative estimate of drug-likeness (QED) is 0.859. The van der Waals surface area contributed by atoms with E-state index in [2.05, 4.69) is 11.4 Å². The maximum atomic E-state index is 13.3. The highest BCUT2D eigenvalue weighted by Crippen LogP contribution is 2.38. The van der Waals surface area contributed by atoms with Gasteiger partial charge in [0.1, 0.15) is 17.1 Å². The van der Waals surface area contributed by atoms with Gasteiger partial charge in [-0.1, -0.05) is 0 Å². The number of rotatable bonds is 5. The first-order valence-electron chi connectivity index (χ1n) is 8.12. The number of nitriles is 1. The molecule has 0 aliphatic heterocycles. The van der Waals surface area contributed by atoms with Gasteiger partial charge in [-0.25, -0.2) is 8.78 Å². The number of quaternary nitrogens is 1. The second-order valence-electron chi connectivity index (χ2n) is 6.12. The molecule has 2 aromatic rings. The van der Waals surface area contributed by atoms with Crippen molar-refractivity contribution in [3.8, 4) is 6.07 Å². The molecule has 1 aromatic heterocycles. The lowest BCUT2D eigenvalue weighted by Gasteiger charge is -2.11. The van der Waals surface area contributed by atoms with Gasteiger partial charge in [0.05, 0.1) is 5.56 Å². The number of benzene rings is 1. The van der Waals surface area contributed by atoms with Crippen molar-refractivity contribution < 1.29 is 18.9 Å². The van der Waals surface area contributed by atoms with E-state index in [1.807, 2.05) is 6.92 Å². The summed E-state index contributed by atoms with van der Waals surface area (Å²) in [6, 6.07) is 5.74. The summed E-state index contributed by atoms with van der Waals surface area (Å²) in [4.78, 5) is 13.4. The van der Waals surface area contributed by atoms with Crippen molar-refractivity contribution in [3.05, 3.63) is 51.4 Å². The zero-order valence-electron chi connectivity index (χ0n) is 13.7. The first-order valence-corrected chi connectivity index (χ1v) is 8.94. The van der Waals surface area contributed by atoms with Crippen LogP contribution in [-0.2, 0) is 17.6 Å². The highest BCUT2D eigenvalue weighted by Gasteiger charge is 2.23. The number of fused-ring (bicyclic) bond motifs is 1. The summed E-state index contributed by atoms with van der Waals surface area (Å²) in [5.74, 6) is -2.00. The average Bonchev–Trinajstić information content (AvgIpc) is 3.15. The van der Waals surface area contributed by atoms with Crippen LogP contribution < -0.4 is 10.6 Å². The standard InChI is InChI=1S/C18H17F2N3OS/c1-10(11-5-6-14(19)15(20)7-11)22-9-17(24)23-18-13(8-21)12-3-2-4-16(12)25-18/h5-7,10,22H,2-4,9H2,1H3,(H,23,24)/p+1/t10-/m0/s1. The minimum atomic E-state index is -0.894. The monoisotopic (exact) mass is 362 g/mol. The second-order valence-corrected chi connectivity index (χ2v) is 7.23. The van der Waals surface area contributed by atoms with Crippen LogP contribution in [-0.4, -0.2) is 12.5 Å². The molecular formula is C18H18F2N3OS+. The summed E-state index contributed by atoms with van der Waals surface area (Å²) < 4.78 is 26.3. The van der Waals surface area contributed by atoms with Crippen molar-refractivity contribution in [1.82, 2.24) is 0 Å². The Hall–Kier alpha value is -2.30. The van der Waals surface area contributed by atoms with Gasteiger partial charge in [0.25, 0.3) is 5.91 Å². The fourth-order valence-corrected chi connectivity index (χ4v) is 4.26. The number of aryl methyl sites for hydroxylation is 1. The molecule has 3 rings (SSSR count). The highest BCUT2D eigenvalue weighted by molar-refractivity contribution is 7.16. The van der Waals surface area contributed by atoms with Crippen molar-refractivity contribution in [2.75, 3.05) is 11.9 Å². The largest absolute Gasteiger partial charge is 0.333 e. The predicted molar refractivity (Wildman–Crippen MR) is 91.3 cm³/mol. The molecule has 25 heavy (non-hydrogen) atoms. The molecule has 1 aliphatic carbocycles. The third kappa shape index (κ3) is 3.70. The van der Waals surface area contributed by atoms with Crippen molar-refractivity contribution in [3.63, 3.8) is 0 Å². The van der Waals surface area contributed by atoms with Gasteiger partial charge < -0.3 is 10.6 Å². The lowest BCUT2D eigenvalue weighted by molar-refractivity contribution is -0.682. The number of thiophene rings is 1. The maximum absolute atomic E-state index is 13.3. The minimum absolute atomic E-state index is 0.133. The first-order chi connectivity index (χ1) is 12.0. The molecule has 1 amide bonds. The fourth-order valence-electron chi connectivity index (χ4n) is 3.00. The Morgan fingerprint density at radius 1 is 1.40 bits per heavy atom. The van der Waals surface area contributed by atoms with E-state index in [0.29, 0.717) is 16.1 Å². The number of carbonyl (C=O) groups is 1. The van der Waals surface area contributed by atoms with Crippen LogP contribution in [0.1, 0.15) is 41.0 Å². The average molecular weight is 362 g/mol. The first kappa shape index (κ1) is 17.5. The molecule has 0 saturated carbocycles. The highest BCUT2D eigenvalue weighted by atomic mass is 32.1. The molecule has 7 heteroatoms. The van der Waals surface area contributed by atoms with E-state index in [0.717, 1.165) is 37.0 Å². The zero-order valence-corrected chi connectivity index (χ0v) is 14.6. The van der Waals surface area contributed by atoms with Crippen LogP contribution in [0.3, 0.4) is 0 Å². The molecule has 1 atom stereocenters. The molecule has 1 heterocycles. The summed E-state index contributed by atoms with van der Waals surface area (Å²) in [6.07, 6.45) is 2.91. The molecular weight excluding hydrogens is 344 g/mol. The number of carbonyl (C=O) groups excluding carboxylic acids is 1. The molecule has 3 N–H and O–H groups in total. The van der Waals surface area contributed by atoms with E-state index in [1.165, 1.54) is 22.3 Å². The Bertz CT molecular complexity index is 857. The molecule has 0 fully saturated rings. The number of anilines is 1. The van der Waals surface area contributed by atoms with Crippen LogP contribution in [0.2, 0.25) is 0 Å². The molecule has 130 valence electrons. The normalized spacial score (nSPS) is 14.0.